The lowest BCUT2D eigenvalue weighted by molar-refractivity contribution is -0.121. The third kappa shape index (κ3) is 2.49. The number of phenols is 1. The first-order valence-corrected chi connectivity index (χ1v) is 5.56. The highest BCUT2D eigenvalue weighted by atomic mass is 19.2. The van der Waals surface area contributed by atoms with Gasteiger partial charge in [-0.3, -0.25) is 18.3 Å². The number of carbonyl (C=O) groups excluding carboxylic acids is 1. The van der Waals surface area contributed by atoms with Gasteiger partial charge in [0.1, 0.15) is 17.3 Å². The Bertz CT molecular complexity index is 599. The van der Waals surface area contributed by atoms with E-state index in [2.05, 4.69) is 4.99 Å². The van der Waals surface area contributed by atoms with Gasteiger partial charge in [0, 0.05) is 12.5 Å². The highest BCUT2D eigenvalue weighted by Gasteiger charge is 2.26. The summed E-state index contributed by atoms with van der Waals surface area (Å²) in [4.78, 5) is 17.1. The molecule has 7 heteroatoms. The Kier molecular flexibility index (Phi) is 3.37. The molecule has 2 rings (SSSR count). The Labute approximate surface area is 109 Å². The standard InChI is InChI=1S/C12H11BF2N2O2/c1-7-16-11(12(19)17(7)2)5-8-3-4-9(18)6-10(8)13(14)15/h3-6,18H,1-2H3/b11-5+. The molecule has 0 unspecified atom stereocenters. The molecule has 0 spiro atoms. The normalized spacial score (nSPS) is 17.1. The summed E-state index contributed by atoms with van der Waals surface area (Å²) in [5.41, 5.74) is -0.0571. The van der Waals surface area contributed by atoms with Crippen molar-refractivity contribution in [3.8, 4) is 5.75 Å². The van der Waals surface area contributed by atoms with Crippen molar-refractivity contribution in [1.82, 2.24) is 4.90 Å². The van der Waals surface area contributed by atoms with Crippen LogP contribution in [0.3, 0.4) is 0 Å². The van der Waals surface area contributed by atoms with E-state index in [9.17, 15) is 18.5 Å². The molecule has 0 saturated heterocycles. The lowest BCUT2D eigenvalue weighted by Crippen LogP contribution is -2.26. The summed E-state index contributed by atoms with van der Waals surface area (Å²) in [5.74, 6) is -0.0774. The molecule has 0 radical (unpaired) electrons. The van der Waals surface area contributed by atoms with E-state index in [1.54, 1.807) is 14.0 Å². The van der Waals surface area contributed by atoms with E-state index < -0.39 is 7.27 Å². The van der Waals surface area contributed by atoms with E-state index in [0.717, 1.165) is 6.07 Å². The number of hydrogen-bond acceptors (Lipinski definition) is 3. The third-order valence-electron chi connectivity index (χ3n) is 2.89. The van der Waals surface area contributed by atoms with Crippen molar-refractivity contribution in [3.63, 3.8) is 0 Å². The number of halogens is 2. The van der Waals surface area contributed by atoms with Crippen LogP contribution in [0.15, 0.2) is 28.9 Å². The van der Waals surface area contributed by atoms with Gasteiger partial charge in [0.05, 0.1) is 0 Å². The van der Waals surface area contributed by atoms with Crippen LogP contribution in [-0.2, 0) is 4.79 Å². The molecule has 19 heavy (non-hydrogen) atoms. The number of nitrogens with zero attached hydrogens (tertiary/aromatic N) is 2. The second-order valence-corrected chi connectivity index (χ2v) is 4.17. The maximum atomic E-state index is 12.9. The number of hydrogen-bond donors (Lipinski definition) is 1. The highest BCUT2D eigenvalue weighted by Crippen LogP contribution is 2.18. The van der Waals surface area contributed by atoms with Gasteiger partial charge < -0.3 is 5.11 Å². The van der Waals surface area contributed by atoms with Crippen LogP contribution in [0, 0.1) is 0 Å². The lowest BCUT2D eigenvalue weighted by atomic mass is 9.81. The molecule has 0 fully saturated rings. The van der Waals surface area contributed by atoms with Crippen molar-refractivity contribution in [3.05, 3.63) is 29.5 Å². The van der Waals surface area contributed by atoms with Crippen molar-refractivity contribution in [2.75, 3.05) is 7.05 Å². The highest BCUT2D eigenvalue weighted by molar-refractivity contribution is 6.61. The fraction of sp³-hybridized carbons (Fsp3) is 0.167. The molecule has 0 saturated carbocycles. The largest absolute Gasteiger partial charge is 0.572 e. The van der Waals surface area contributed by atoms with Gasteiger partial charge >= 0.3 is 7.27 Å². The first-order valence-electron chi connectivity index (χ1n) is 5.56. The fourth-order valence-electron chi connectivity index (χ4n) is 1.74. The molecule has 1 aromatic carbocycles. The number of amidine groups is 1. The molecular weight excluding hydrogens is 253 g/mol. The third-order valence-corrected chi connectivity index (χ3v) is 2.89. The average molecular weight is 264 g/mol. The minimum Gasteiger partial charge on any atom is -0.508 e. The van der Waals surface area contributed by atoms with Crippen LogP contribution in [0.2, 0.25) is 0 Å². The van der Waals surface area contributed by atoms with Crippen LogP contribution >= 0.6 is 0 Å². The molecule has 4 nitrogen and oxygen atoms in total. The summed E-state index contributed by atoms with van der Waals surface area (Å²) in [6.45, 7) is 1.66. The van der Waals surface area contributed by atoms with Gasteiger partial charge in [0.15, 0.2) is 0 Å². The molecule has 1 heterocycles. The predicted molar refractivity (Wildman–Crippen MR) is 69.6 cm³/mol. The van der Waals surface area contributed by atoms with Crippen molar-refractivity contribution < 1.29 is 18.5 Å². The monoisotopic (exact) mass is 264 g/mol. The number of carbonyl (C=O) groups is 1. The molecule has 1 amide bonds. The van der Waals surface area contributed by atoms with Gasteiger partial charge in [0.25, 0.3) is 5.91 Å². The van der Waals surface area contributed by atoms with Crippen LogP contribution in [0.4, 0.5) is 8.63 Å². The van der Waals surface area contributed by atoms with Gasteiger partial charge in [-0.15, -0.1) is 0 Å². The molecule has 98 valence electrons. The number of phenolic OH excluding ortho intramolecular Hbond substituents is 1. The fourth-order valence-corrected chi connectivity index (χ4v) is 1.74. The second-order valence-electron chi connectivity index (χ2n) is 4.17. The Hall–Kier alpha value is -2.18. The number of benzene rings is 1. The van der Waals surface area contributed by atoms with Crippen LogP contribution in [0.1, 0.15) is 12.5 Å². The second kappa shape index (κ2) is 4.83. The Balaban J connectivity index is 2.47. The summed E-state index contributed by atoms with van der Waals surface area (Å²) in [7, 11) is -1.18. The molecule has 0 atom stereocenters. The molecule has 1 aliphatic rings. The zero-order chi connectivity index (χ0) is 14.2. The number of rotatable bonds is 2. The Morgan fingerprint density at radius 1 is 1.42 bits per heavy atom. The number of aliphatic imine (C=N–C) groups is 1. The van der Waals surface area contributed by atoms with E-state index in [4.69, 9.17) is 0 Å². The summed E-state index contributed by atoms with van der Waals surface area (Å²) in [6.07, 6.45) is 1.30. The van der Waals surface area contributed by atoms with E-state index in [1.807, 2.05) is 0 Å². The van der Waals surface area contributed by atoms with E-state index in [-0.39, 0.29) is 28.4 Å². The average Bonchev–Trinajstić information content (AvgIpc) is 2.59. The molecule has 1 aromatic rings. The number of amides is 1. The Morgan fingerprint density at radius 3 is 2.63 bits per heavy atom. The van der Waals surface area contributed by atoms with E-state index in [0.29, 0.717) is 5.84 Å². The van der Waals surface area contributed by atoms with Gasteiger partial charge in [0.2, 0.25) is 0 Å². The number of likely N-dealkylation sites (N-methyl/N-ethyl adjacent to an activating group) is 1. The minimum absolute atomic E-state index is 0.104. The molecule has 0 aromatic heterocycles. The van der Waals surface area contributed by atoms with E-state index in [1.165, 1.54) is 23.1 Å². The molecule has 0 aliphatic carbocycles. The van der Waals surface area contributed by atoms with Crippen molar-refractivity contribution in [2.45, 2.75) is 6.92 Å². The predicted octanol–water partition coefficient (Wildman–Crippen LogP) is 1.26. The lowest BCUT2D eigenvalue weighted by Gasteiger charge is -2.07. The van der Waals surface area contributed by atoms with Gasteiger partial charge in [-0.25, -0.2) is 4.99 Å². The van der Waals surface area contributed by atoms with Crippen LogP contribution in [0.5, 0.6) is 5.75 Å². The zero-order valence-corrected chi connectivity index (χ0v) is 10.4. The van der Waals surface area contributed by atoms with Crippen molar-refractivity contribution in [2.24, 2.45) is 4.99 Å². The summed E-state index contributed by atoms with van der Waals surface area (Å²) in [6, 6.07) is 3.61. The van der Waals surface area contributed by atoms with Crippen molar-refractivity contribution in [1.29, 1.82) is 0 Å². The maximum absolute atomic E-state index is 12.9. The topological polar surface area (TPSA) is 52.9 Å². The SMILES string of the molecule is CC1=N/C(=C/c2ccc(O)cc2B(F)F)C(=O)N1C. The molecule has 0 bridgehead atoms. The summed E-state index contributed by atoms with van der Waals surface area (Å²) >= 11 is 0. The van der Waals surface area contributed by atoms with Crippen LogP contribution < -0.4 is 5.46 Å². The molecule has 1 aliphatic heterocycles. The van der Waals surface area contributed by atoms with Crippen molar-refractivity contribution >= 4 is 30.5 Å². The first-order chi connectivity index (χ1) is 8.90. The first kappa shape index (κ1) is 13.3. The van der Waals surface area contributed by atoms with E-state index >= 15 is 0 Å². The summed E-state index contributed by atoms with van der Waals surface area (Å²) in [5, 5.41) is 9.23. The Morgan fingerprint density at radius 2 is 2.11 bits per heavy atom. The van der Waals surface area contributed by atoms with Gasteiger partial charge in [-0.1, -0.05) is 6.07 Å². The minimum atomic E-state index is -2.74. The van der Waals surface area contributed by atoms with Crippen LogP contribution in [-0.4, -0.2) is 36.1 Å². The zero-order valence-electron chi connectivity index (χ0n) is 10.4. The van der Waals surface area contributed by atoms with Crippen LogP contribution in [0.25, 0.3) is 6.08 Å². The number of aromatic hydroxyl groups is 1. The quantitative estimate of drug-likeness (QED) is 0.645. The molecule has 1 N–H and O–H groups in total. The maximum Gasteiger partial charge on any atom is 0.572 e. The van der Waals surface area contributed by atoms with Gasteiger partial charge in [-0.2, -0.15) is 0 Å². The molecular formula is C12H11BF2N2O2. The smallest absolute Gasteiger partial charge is 0.508 e. The van der Waals surface area contributed by atoms with Gasteiger partial charge in [-0.05, 0) is 30.7 Å². The summed E-state index contributed by atoms with van der Waals surface area (Å²) < 4.78 is 25.7.